The van der Waals surface area contributed by atoms with Crippen LogP contribution in [0.2, 0.25) is 0 Å². The van der Waals surface area contributed by atoms with E-state index in [1.54, 1.807) is 30.2 Å². The number of methoxy groups -OCH3 is 2. The number of hydrogen-bond donors (Lipinski definition) is 0. The lowest BCUT2D eigenvalue weighted by Crippen LogP contribution is -2.38. The van der Waals surface area contributed by atoms with Crippen LogP contribution < -0.4 is 9.47 Å². The minimum Gasteiger partial charge on any atom is -0.493 e. The van der Waals surface area contributed by atoms with Crippen LogP contribution in [-0.2, 0) is 11.3 Å². The monoisotopic (exact) mass is 339 g/mol. The first kappa shape index (κ1) is 17.0. The summed E-state index contributed by atoms with van der Waals surface area (Å²) in [7, 11) is 3.09. The Labute approximate surface area is 147 Å². The summed E-state index contributed by atoms with van der Waals surface area (Å²) in [6.07, 6.45) is 0.940. The van der Waals surface area contributed by atoms with E-state index >= 15 is 0 Å². The van der Waals surface area contributed by atoms with Crippen molar-refractivity contribution in [2.24, 2.45) is 0 Å². The number of amides is 1. The maximum absolute atomic E-state index is 13.0. The summed E-state index contributed by atoms with van der Waals surface area (Å²) in [5.74, 6) is 1.03. The Bertz CT molecular complexity index is 773. The molecule has 1 saturated heterocycles. The maximum atomic E-state index is 13.0. The molecule has 0 bridgehead atoms. The van der Waals surface area contributed by atoms with Gasteiger partial charge in [0.1, 0.15) is 0 Å². The van der Waals surface area contributed by atoms with Gasteiger partial charge < -0.3 is 14.4 Å². The molecule has 1 aliphatic rings. The van der Waals surface area contributed by atoms with Crippen LogP contribution in [0.1, 0.15) is 28.8 Å². The van der Waals surface area contributed by atoms with E-state index in [4.69, 9.17) is 9.47 Å². The Morgan fingerprint density at radius 2 is 1.80 bits per heavy atom. The fourth-order valence-corrected chi connectivity index (χ4v) is 3.17. The quantitative estimate of drug-likeness (QED) is 0.759. The fourth-order valence-electron chi connectivity index (χ4n) is 3.17. The largest absolute Gasteiger partial charge is 0.493 e. The number of carbonyl (C=O) groups excluding carboxylic acids is 2. The second-order valence-electron chi connectivity index (χ2n) is 6.00. The van der Waals surface area contributed by atoms with Crippen LogP contribution in [0.25, 0.3) is 0 Å². The van der Waals surface area contributed by atoms with Gasteiger partial charge in [0.05, 0.1) is 20.3 Å². The smallest absolute Gasteiger partial charge is 0.223 e. The molecule has 3 rings (SSSR count). The number of nitrogens with zero attached hydrogens (tertiary/aromatic N) is 1. The normalized spacial score (nSPS) is 16.8. The van der Waals surface area contributed by atoms with Crippen molar-refractivity contribution in [1.29, 1.82) is 0 Å². The number of benzene rings is 2. The molecule has 25 heavy (non-hydrogen) atoms. The molecule has 2 aromatic rings. The Morgan fingerprint density at radius 3 is 2.48 bits per heavy atom. The standard InChI is InChI=1S/C20H21NO4/c1-24-17-10-8-15(12-18(17)25-2)20(23)16-9-11-19(22)21(16)13-14-6-4-3-5-7-14/h3-8,10,12,16H,9,11,13H2,1-2H3. The van der Waals surface area contributed by atoms with Crippen molar-refractivity contribution in [3.63, 3.8) is 0 Å². The first-order chi connectivity index (χ1) is 12.1. The third kappa shape index (κ3) is 3.50. The summed E-state index contributed by atoms with van der Waals surface area (Å²) in [4.78, 5) is 26.9. The van der Waals surface area contributed by atoms with E-state index in [-0.39, 0.29) is 11.7 Å². The lowest BCUT2D eigenvalue weighted by Gasteiger charge is -2.24. The van der Waals surface area contributed by atoms with E-state index in [0.717, 1.165) is 5.56 Å². The van der Waals surface area contributed by atoms with Crippen LogP contribution in [0.15, 0.2) is 48.5 Å². The second kappa shape index (κ2) is 7.38. The highest BCUT2D eigenvalue weighted by Crippen LogP contribution is 2.30. The highest BCUT2D eigenvalue weighted by molar-refractivity contribution is 6.03. The minimum atomic E-state index is -0.439. The van der Waals surface area contributed by atoms with E-state index in [1.165, 1.54) is 7.11 Å². The third-order valence-electron chi connectivity index (χ3n) is 4.49. The molecule has 0 saturated carbocycles. The topological polar surface area (TPSA) is 55.8 Å². The zero-order valence-corrected chi connectivity index (χ0v) is 14.4. The van der Waals surface area contributed by atoms with Gasteiger partial charge in [0.25, 0.3) is 0 Å². The Hall–Kier alpha value is -2.82. The molecule has 0 spiro atoms. The molecule has 1 unspecified atom stereocenters. The number of ether oxygens (including phenoxy) is 2. The molecule has 1 atom stereocenters. The zero-order valence-electron chi connectivity index (χ0n) is 14.4. The van der Waals surface area contributed by atoms with Gasteiger partial charge in [-0.05, 0) is 30.2 Å². The molecule has 0 radical (unpaired) electrons. The lowest BCUT2D eigenvalue weighted by molar-refractivity contribution is -0.129. The van der Waals surface area contributed by atoms with Gasteiger partial charge in [-0.25, -0.2) is 0 Å². The van der Waals surface area contributed by atoms with Gasteiger partial charge in [0.15, 0.2) is 17.3 Å². The Kier molecular flexibility index (Phi) is 5.03. The number of ketones is 1. The van der Waals surface area contributed by atoms with Crippen LogP contribution in [0.4, 0.5) is 0 Å². The number of hydrogen-bond acceptors (Lipinski definition) is 4. The van der Waals surface area contributed by atoms with Crippen LogP contribution in [0.3, 0.4) is 0 Å². The van der Waals surface area contributed by atoms with Crippen LogP contribution in [-0.4, -0.2) is 36.9 Å². The van der Waals surface area contributed by atoms with Gasteiger partial charge >= 0.3 is 0 Å². The number of Topliss-reactive ketones (excluding diaryl/α,β-unsaturated/α-hetero) is 1. The van der Waals surface area contributed by atoms with Crippen molar-refractivity contribution in [2.45, 2.75) is 25.4 Å². The van der Waals surface area contributed by atoms with E-state index in [1.807, 2.05) is 30.3 Å². The van der Waals surface area contributed by atoms with Crippen molar-refractivity contribution >= 4 is 11.7 Å². The van der Waals surface area contributed by atoms with Crippen molar-refractivity contribution in [1.82, 2.24) is 4.90 Å². The number of carbonyl (C=O) groups is 2. The van der Waals surface area contributed by atoms with Crippen LogP contribution in [0.5, 0.6) is 11.5 Å². The SMILES string of the molecule is COc1ccc(C(=O)C2CCC(=O)N2Cc2ccccc2)cc1OC. The molecular weight excluding hydrogens is 318 g/mol. The van der Waals surface area contributed by atoms with Gasteiger partial charge in [-0.3, -0.25) is 9.59 Å². The summed E-state index contributed by atoms with van der Waals surface area (Å²) in [6, 6.07) is 14.4. The van der Waals surface area contributed by atoms with Crippen LogP contribution in [0, 0.1) is 0 Å². The Morgan fingerprint density at radius 1 is 1.08 bits per heavy atom. The maximum Gasteiger partial charge on any atom is 0.223 e. The zero-order chi connectivity index (χ0) is 17.8. The van der Waals surface area contributed by atoms with Crippen molar-refractivity contribution in [3.8, 4) is 11.5 Å². The van der Waals surface area contributed by atoms with Crippen molar-refractivity contribution in [3.05, 3.63) is 59.7 Å². The molecule has 5 heteroatoms. The highest BCUT2D eigenvalue weighted by atomic mass is 16.5. The molecule has 1 heterocycles. The summed E-state index contributed by atoms with van der Waals surface area (Å²) in [5, 5.41) is 0. The predicted molar refractivity (Wildman–Crippen MR) is 93.9 cm³/mol. The number of rotatable bonds is 6. The molecule has 0 aliphatic carbocycles. The van der Waals surface area contributed by atoms with E-state index in [9.17, 15) is 9.59 Å². The predicted octanol–water partition coefficient (Wildman–Crippen LogP) is 3.08. The van der Waals surface area contributed by atoms with Gasteiger partial charge in [-0.2, -0.15) is 0 Å². The summed E-state index contributed by atoms with van der Waals surface area (Å²) >= 11 is 0. The molecule has 2 aromatic carbocycles. The van der Waals surface area contributed by atoms with Gasteiger partial charge in [0.2, 0.25) is 5.91 Å². The molecule has 1 amide bonds. The molecule has 0 aromatic heterocycles. The molecule has 1 aliphatic heterocycles. The van der Waals surface area contributed by atoms with Gasteiger partial charge in [-0.1, -0.05) is 30.3 Å². The molecule has 0 N–H and O–H groups in total. The highest BCUT2D eigenvalue weighted by Gasteiger charge is 2.36. The fraction of sp³-hybridized carbons (Fsp3) is 0.300. The molecule has 1 fully saturated rings. The van der Waals surface area contributed by atoms with Crippen LogP contribution >= 0.6 is 0 Å². The lowest BCUT2D eigenvalue weighted by atomic mass is 10.0. The van der Waals surface area contributed by atoms with Gasteiger partial charge in [0, 0.05) is 18.5 Å². The summed E-state index contributed by atoms with van der Waals surface area (Å²) < 4.78 is 10.5. The Balaban J connectivity index is 1.84. The summed E-state index contributed by atoms with van der Waals surface area (Å²) in [5.41, 5.74) is 1.54. The second-order valence-corrected chi connectivity index (χ2v) is 6.00. The average molecular weight is 339 g/mol. The van der Waals surface area contributed by atoms with Crippen molar-refractivity contribution in [2.75, 3.05) is 14.2 Å². The first-order valence-electron chi connectivity index (χ1n) is 8.23. The van der Waals surface area contributed by atoms with Gasteiger partial charge in [-0.15, -0.1) is 0 Å². The van der Waals surface area contributed by atoms with E-state index in [0.29, 0.717) is 36.4 Å². The average Bonchev–Trinajstić information content (AvgIpc) is 3.02. The van der Waals surface area contributed by atoms with E-state index < -0.39 is 6.04 Å². The molecular formula is C20H21NO4. The molecule has 5 nitrogen and oxygen atoms in total. The van der Waals surface area contributed by atoms with Crippen molar-refractivity contribution < 1.29 is 19.1 Å². The third-order valence-corrected chi connectivity index (χ3v) is 4.49. The first-order valence-corrected chi connectivity index (χ1v) is 8.23. The number of likely N-dealkylation sites (tertiary alicyclic amines) is 1. The summed E-state index contributed by atoms with van der Waals surface area (Å²) in [6.45, 7) is 0.448. The minimum absolute atomic E-state index is 0.0164. The molecule has 130 valence electrons. The van der Waals surface area contributed by atoms with E-state index in [2.05, 4.69) is 0 Å².